The number of nitrogens with zero attached hydrogens (tertiary/aromatic N) is 3. The highest BCUT2D eigenvalue weighted by molar-refractivity contribution is 5.68. The standard InChI is InChI=1S/C22H29N5O2/c1-22(2,3)29-21(28)27-10-4-5-18(16-27)14-25-13-17-6-8-20(9-7-17)26-15-19(11-23)12-24/h6-9,15,18,25-26H,4-5,10,13-14,16H2,1-3H3. The SMILES string of the molecule is CC(C)(C)OC(=O)N1CCCC(CNCc2ccc(NC=C(C#N)C#N)cc2)C1. The van der Waals surface area contributed by atoms with E-state index in [2.05, 4.69) is 10.6 Å². The first kappa shape index (κ1) is 22.3. The van der Waals surface area contributed by atoms with Gasteiger partial charge in [-0.25, -0.2) is 4.79 Å². The molecule has 0 spiro atoms. The molecule has 0 radical (unpaired) electrons. The second-order valence-electron chi connectivity index (χ2n) is 8.19. The van der Waals surface area contributed by atoms with Crippen molar-refractivity contribution in [2.24, 2.45) is 5.92 Å². The fourth-order valence-corrected chi connectivity index (χ4v) is 3.11. The Hall–Kier alpha value is -3.03. The van der Waals surface area contributed by atoms with E-state index in [1.807, 2.05) is 62.1 Å². The second-order valence-corrected chi connectivity index (χ2v) is 8.19. The van der Waals surface area contributed by atoms with Crippen LogP contribution in [0.5, 0.6) is 0 Å². The number of anilines is 1. The highest BCUT2D eigenvalue weighted by Gasteiger charge is 2.27. The Labute approximate surface area is 172 Å². The van der Waals surface area contributed by atoms with Crippen LogP contribution in [0.2, 0.25) is 0 Å². The predicted octanol–water partition coefficient (Wildman–Crippen LogP) is 3.77. The lowest BCUT2D eigenvalue weighted by Gasteiger charge is -2.34. The van der Waals surface area contributed by atoms with Gasteiger partial charge < -0.3 is 20.3 Å². The van der Waals surface area contributed by atoms with Gasteiger partial charge in [-0.2, -0.15) is 10.5 Å². The number of hydrogen-bond donors (Lipinski definition) is 2. The van der Waals surface area contributed by atoms with E-state index in [0.717, 1.165) is 50.3 Å². The zero-order chi connectivity index (χ0) is 21.3. The highest BCUT2D eigenvalue weighted by Crippen LogP contribution is 2.19. The Morgan fingerprint density at radius 3 is 2.59 bits per heavy atom. The van der Waals surface area contributed by atoms with Gasteiger partial charge in [0.05, 0.1) is 0 Å². The summed E-state index contributed by atoms with van der Waals surface area (Å²) in [5.74, 6) is 0.415. The predicted molar refractivity (Wildman–Crippen MR) is 112 cm³/mol. The largest absolute Gasteiger partial charge is 0.444 e. The number of nitriles is 2. The first-order valence-corrected chi connectivity index (χ1v) is 9.85. The number of rotatable bonds is 6. The van der Waals surface area contributed by atoms with Gasteiger partial charge in [-0.1, -0.05) is 12.1 Å². The number of ether oxygens (including phenoxy) is 1. The number of carbonyl (C=O) groups excluding carboxylic acids is 1. The maximum Gasteiger partial charge on any atom is 0.410 e. The van der Waals surface area contributed by atoms with E-state index in [1.54, 1.807) is 0 Å². The van der Waals surface area contributed by atoms with Crippen molar-refractivity contribution >= 4 is 11.8 Å². The Morgan fingerprint density at radius 2 is 1.97 bits per heavy atom. The quantitative estimate of drug-likeness (QED) is 0.711. The van der Waals surface area contributed by atoms with Crippen LogP contribution >= 0.6 is 0 Å². The van der Waals surface area contributed by atoms with Crippen molar-refractivity contribution in [1.82, 2.24) is 10.2 Å². The topological polar surface area (TPSA) is 101 Å². The van der Waals surface area contributed by atoms with Crippen LogP contribution in [0, 0.1) is 28.6 Å². The molecule has 0 bridgehead atoms. The highest BCUT2D eigenvalue weighted by atomic mass is 16.6. The van der Waals surface area contributed by atoms with Crippen molar-refractivity contribution in [3.8, 4) is 12.1 Å². The van der Waals surface area contributed by atoms with Crippen LogP contribution in [0.3, 0.4) is 0 Å². The number of hydrogen-bond acceptors (Lipinski definition) is 6. The first-order chi connectivity index (χ1) is 13.8. The molecule has 29 heavy (non-hydrogen) atoms. The molecular formula is C22H29N5O2. The van der Waals surface area contributed by atoms with E-state index >= 15 is 0 Å². The average molecular weight is 396 g/mol. The summed E-state index contributed by atoms with van der Waals surface area (Å²) in [5, 5.41) is 23.9. The Bertz CT molecular complexity index is 780. The lowest BCUT2D eigenvalue weighted by molar-refractivity contribution is 0.0166. The molecule has 1 aliphatic heterocycles. The van der Waals surface area contributed by atoms with Gasteiger partial charge in [0, 0.05) is 31.5 Å². The van der Waals surface area contributed by atoms with Gasteiger partial charge in [0.2, 0.25) is 0 Å². The molecular weight excluding hydrogens is 366 g/mol. The molecule has 154 valence electrons. The second kappa shape index (κ2) is 10.5. The van der Waals surface area contributed by atoms with E-state index in [1.165, 1.54) is 6.20 Å². The lowest BCUT2D eigenvalue weighted by atomic mass is 9.98. The van der Waals surface area contributed by atoms with Gasteiger partial charge in [0.25, 0.3) is 0 Å². The van der Waals surface area contributed by atoms with E-state index in [-0.39, 0.29) is 11.7 Å². The summed E-state index contributed by atoms with van der Waals surface area (Å²) in [4.78, 5) is 14.1. The third-order valence-electron chi connectivity index (χ3n) is 4.51. The third-order valence-corrected chi connectivity index (χ3v) is 4.51. The van der Waals surface area contributed by atoms with Crippen LogP contribution in [0.1, 0.15) is 39.2 Å². The molecule has 0 aromatic heterocycles. The average Bonchev–Trinajstić information content (AvgIpc) is 2.69. The fourth-order valence-electron chi connectivity index (χ4n) is 3.11. The summed E-state index contributed by atoms with van der Waals surface area (Å²) in [6.45, 7) is 8.71. The van der Waals surface area contributed by atoms with Crippen LogP contribution < -0.4 is 10.6 Å². The summed E-state index contributed by atoms with van der Waals surface area (Å²) in [7, 11) is 0. The van der Waals surface area contributed by atoms with E-state index in [4.69, 9.17) is 15.3 Å². The Balaban J connectivity index is 1.77. The maximum atomic E-state index is 12.3. The van der Waals surface area contributed by atoms with E-state index in [9.17, 15) is 4.79 Å². The molecule has 7 nitrogen and oxygen atoms in total. The van der Waals surface area contributed by atoms with Crippen molar-refractivity contribution in [3.05, 3.63) is 41.6 Å². The number of amides is 1. The summed E-state index contributed by atoms with van der Waals surface area (Å²) in [6.07, 6.45) is 3.26. The Morgan fingerprint density at radius 1 is 1.28 bits per heavy atom. The molecule has 2 N–H and O–H groups in total. The van der Waals surface area contributed by atoms with Crippen molar-refractivity contribution in [2.75, 3.05) is 25.0 Å². The molecule has 0 aliphatic carbocycles. The molecule has 1 aromatic rings. The summed E-state index contributed by atoms with van der Waals surface area (Å²) in [6, 6.07) is 11.4. The number of piperidine rings is 1. The van der Waals surface area contributed by atoms with E-state index in [0.29, 0.717) is 5.92 Å². The summed E-state index contributed by atoms with van der Waals surface area (Å²) in [5.41, 5.74) is 1.52. The van der Waals surface area contributed by atoms with Gasteiger partial charge in [-0.05, 0) is 63.8 Å². The number of benzene rings is 1. The van der Waals surface area contributed by atoms with Crippen LogP contribution in [0.25, 0.3) is 0 Å². The van der Waals surface area contributed by atoms with Crippen LogP contribution in [0.4, 0.5) is 10.5 Å². The van der Waals surface area contributed by atoms with Crippen LogP contribution in [-0.4, -0.2) is 36.2 Å². The number of likely N-dealkylation sites (tertiary alicyclic amines) is 1. The third kappa shape index (κ3) is 7.85. The molecule has 1 aromatic carbocycles. The minimum absolute atomic E-state index is 0.0312. The molecule has 0 saturated carbocycles. The number of nitrogens with one attached hydrogen (secondary N) is 2. The fraction of sp³-hybridized carbons (Fsp3) is 0.500. The molecule has 1 aliphatic rings. The Kier molecular flexibility index (Phi) is 8.06. The molecule has 1 amide bonds. The molecule has 1 unspecified atom stereocenters. The van der Waals surface area contributed by atoms with Crippen molar-refractivity contribution < 1.29 is 9.53 Å². The minimum atomic E-state index is -0.468. The number of carbonyl (C=O) groups is 1. The molecule has 1 atom stereocenters. The maximum absolute atomic E-state index is 12.3. The van der Waals surface area contributed by atoms with Gasteiger partial charge in [-0.3, -0.25) is 0 Å². The van der Waals surface area contributed by atoms with E-state index < -0.39 is 5.60 Å². The van der Waals surface area contributed by atoms with Crippen molar-refractivity contribution in [2.45, 2.75) is 45.8 Å². The lowest BCUT2D eigenvalue weighted by Crippen LogP contribution is -2.44. The minimum Gasteiger partial charge on any atom is -0.444 e. The zero-order valence-corrected chi connectivity index (χ0v) is 17.4. The van der Waals surface area contributed by atoms with Gasteiger partial charge in [0.15, 0.2) is 0 Å². The molecule has 1 heterocycles. The summed E-state index contributed by atoms with van der Waals surface area (Å²) >= 11 is 0. The monoisotopic (exact) mass is 395 g/mol. The molecule has 2 rings (SSSR count). The summed E-state index contributed by atoms with van der Waals surface area (Å²) < 4.78 is 5.48. The zero-order valence-electron chi connectivity index (χ0n) is 17.4. The van der Waals surface area contributed by atoms with Gasteiger partial charge in [0.1, 0.15) is 23.3 Å². The van der Waals surface area contributed by atoms with Crippen LogP contribution in [-0.2, 0) is 11.3 Å². The smallest absolute Gasteiger partial charge is 0.410 e. The van der Waals surface area contributed by atoms with Crippen LogP contribution in [0.15, 0.2) is 36.0 Å². The normalized spacial score (nSPS) is 16.3. The first-order valence-electron chi connectivity index (χ1n) is 9.85. The molecule has 7 heteroatoms. The van der Waals surface area contributed by atoms with Gasteiger partial charge in [-0.15, -0.1) is 0 Å². The number of allylic oxidation sites excluding steroid dienone is 1. The molecule has 1 saturated heterocycles. The molecule has 1 fully saturated rings. The van der Waals surface area contributed by atoms with Crippen molar-refractivity contribution in [1.29, 1.82) is 10.5 Å². The van der Waals surface area contributed by atoms with Crippen molar-refractivity contribution in [3.63, 3.8) is 0 Å². The van der Waals surface area contributed by atoms with Gasteiger partial charge >= 0.3 is 6.09 Å².